The van der Waals surface area contributed by atoms with Gasteiger partial charge in [0.15, 0.2) is 5.82 Å². The number of carbonyl (C=O) groups is 1. The number of likely N-dealkylation sites (tertiary alicyclic amines) is 1. The number of nitrogens with zero attached hydrogens (tertiary/aromatic N) is 4. The van der Waals surface area contributed by atoms with E-state index in [2.05, 4.69) is 15.3 Å². The van der Waals surface area contributed by atoms with E-state index >= 15 is 0 Å². The van der Waals surface area contributed by atoms with Gasteiger partial charge in [0.1, 0.15) is 0 Å². The Balaban J connectivity index is 1.61. The van der Waals surface area contributed by atoms with Gasteiger partial charge < -0.3 is 18.7 Å². The Morgan fingerprint density at radius 2 is 2.10 bits per heavy atom. The highest BCUT2D eigenvalue weighted by atomic mass is 16.5. The van der Waals surface area contributed by atoms with Crippen LogP contribution < -0.4 is 4.74 Å². The molecule has 1 fully saturated rings. The van der Waals surface area contributed by atoms with Crippen LogP contribution in [0.3, 0.4) is 0 Å². The molecule has 1 amide bonds. The summed E-state index contributed by atoms with van der Waals surface area (Å²) in [5, 5.41) is 7.44. The van der Waals surface area contributed by atoms with Crippen LogP contribution in [0.2, 0.25) is 0 Å². The maximum atomic E-state index is 12.3. The summed E-state index contributed by atoms with van der Waals surface area (Å²) in [4.78, 5) is 18.2. The zero-order valence-electron chi connectivity index (χ0n) is 11.9. The number of ether oxygens (including phenoxy) is 1. The van der Waals surface area contributed by atoms with Crippen LogP contribution in [0.4, 0.5) is 0 Å². The first-order valence-corrected chi connectivity index (χ1v) is 6.77. The molecule has 8 nitrogen and oxygen atoms in total. The molecule has 0 bridgehead atoms. The van der Waals surface area contributed by atoms with Crippen LogP contribution in [0.25, 0.3) is 0 Å². The quantitative estimate of drug-likeness (QED) is 0.843. The molecular weight excluding hydrogens is 276 g/mol. The molecule has 0 atom stereocenters. The number of amides is 1. The summed E-state index contributed by atoms with van der Waals surface area (Å²) < 4.78 is 15.1. The van der Waals surface area contributed by atoms with Crippen LogP contribution in [-0.2, 0) is 0 Å². The summed E-state index contributed by atoms with van der Waals surface area (Å²) in [6, 6.07) is 1.50. The molecule has 1 saturated heterocycles. The zero-order valence-corrected chi connectivity index (χ0v) is 11.9. The number of aryl methyl sites for hydroxylation is 1. The fourth-order valence-electron chi connectivity index (χ4n) is 2.42. The lowest BCUT2D eigenvalue weighted by Crippen LogP contribution is -2.37. The first-order chi connectivity index (χ1) is 10.2. The SMILES string of the molecule is COc1cc(C(=O)N2CCC(c3nc(C)no3)CC2)on1. The largest absolute Gasteiger partial charge is 0.479 e. The van der Waals surface area contributed by atoms with Crippen molar-refractivity contribution in [3.8, 4) is 5.88 Å². The maximum absolute atomic E-state index is 12.3. The van der Waals surface area contributed by atoms with Gasteiger partial charge in [0.05, 0.1) is 13.2 Å². The highest BCUT2D eigenvalue weighted by Gasteiger charge is 2.29. The number of hydrogen-bond donors (Lipinski definition) is 0. The van der Waals surface area contributed by atoms with Crippen molar-refractivity contribution < 1.29 is 18.6 Å². The van der Waals surface area contributed by atoms with E-state index in [1.165, 1.54) is 13.2 Å². The molecule has 2 aromatic heterocycles. The Bertz CT molecular complexity index is 628. The first-order valence-electron chi connectivity index (χ1n) is 6.77. The second-order valence-corrected chi connectivity index (χ2v) is 4.98. The Labute approximate surface area is 121 Å². The molecule has 0 unspecified atom stereocenters. The van der Waals surface area contributed by atoms with Gasteiger partial charge in [-0.1, -0.05) is 5.16 Å². The van der Waals surface area contributed by atoms with E-state index in [1.807, 2.05) is 0 Å². The molecule has 0 radical (unpaired) electrons. The lowest BCUT2D eigenvalue weighted by atomic mass is 9.96. The van der Waals surface area contributed by atoms with E-state index in [0.29, 0.717) is 30.7 Å². The maximum Gasteiger partial charge on any atom is 0.292 e. The molecule has 8 heteroatoms. The monoisotopic (exact) mass is 292 g/mol. The van der Waals surface area contributed by atoms with E-state index in [-0.39, 0.29) is 17.6 Å². The van der Waals surface area contributed by atoms with E-state index in [0.717, 1.165) is 12.8 Å². The highest BCUT2D eigenvalue weighted by Crippen LogP contribution is 2.27. The van der Waals surface area contributed by atoms with Crippen molar-refractivity contribution >= 4 is 5.91 Å². The normalized spacial score (nSPS) is 16.2. The molecule has 1 aliphatic heterocycles. The van der Waals surface area contributed by atoms with Crippen LogP contribution in [0.5, 0.6) is 5.88 Å². The van der Waals surface area contributed by atoms with Gasteiger partial charge in [-0.2, -0.15) is 4.98 Å². The smallest absolute Gasteiger partial charge is 0.292 e. The van der Waals surface area contributed by atoms with Gasteiger partial charge in [-0.3, -0.25) is 4.79 Å². The van der Waals surface area contributed by atoms with Crippen molar-refractivity contribution in [1.82, 2.24) is 20.2 Å². The van der Waals surface area contributed by atoms with Crippen LogP contribution in [-0.4, -0.2) is 46.3 Å². The minimum atomic E-state index is -0.175. The van der Waals surface area contributed by atoms with Gasteiger partial charge in [-0.15, -0.1) is 0 Å². The number of carbonyl (C=O) groups excluding carboxylic acids is 1. The van der Waals surface area contributed by atoms with Crippen LogP contribution >= 0.6 is 0 Å². The summed E-state index contributed by atoms with van der Waals surface area (Å²) >= 11 is 0. The Kier molecular flexibility index (Phi) is 3.59. The van der Waals surface area contributed by atoms with Gasteiger partial charge in [-0.25, -0.2) is 0 Å². The summed E-state index contributed by atoms with van der Waals surface area (Å²) in [6.45, 7) is 3.03. The van der Waals surface area contributed by atoms with E-state index in [4.69, 9.17) is 13.8 Å². The second-order valence-electron chi connectivity index (χ2n) is 4.98. The summed E-state index contributed by atoms with van der Waals surface area (Å²) in [6.07, 6.45) is 1.58. The third kappa shape index (κ3) is 2.74. The predicted octanol–water partition coefficient (Wildman–Crippen LogP) is 1.39. The molecule has 0 spiro atoms. The van der Waals surface area contributed by atoms with Crippen molar-refractivity contribution in [2.45, 2.75) is 25.7 Å². The molecule has 0 saturated carbocycles. The third-order valence-electron chi connectivity index (χ3n) is 3.58. The van der Waals surface area contributed by atoms with Crippen molar-refractivity contribution in [3.63, 3.8) is 0 Å². The molecule has 21 heavy (non-hydrogen) atoms. The number of piperidine rings is 1. The van der Waals surface area contributed by atoms with Crippen LogP contribution in [0.15, 0.2) is 15.1 Å². The minimum absolute atomic E-state index is 0.175. The van der Waals surface area contributed by atoms with Crippen LogP contribution in [0, 0.1) is 6.92 Å². The van der Waals surface area contributed by atoms with Gasteiger partial charge in [0.2, 0.25) is 11.7 Å². The second kappa shape index (κ2) is 5.55. The molecule has 0 aliphatic carbocycles. The molecule has 0 N–H and O–H groups in total. The number of rotatable bonds is 3. The Hall–Kier alpha value is -2.38. The highest BCUT2D eigenvalue weighted by molar-refractivity contribution is 5.91. The van der Waals surface area contributed by atoms with Crippen molar-refractivity contribution in [3.05, 3.63) is 23.5 Å². The van der Waals surface area contributed by atoms with Crippen molar-refractivity contribution in [1.29, 1.82) is 0 Å². The summed E-state index contributed by atoms with van der Waals surface area (Å²) in [5.41, 5.74) is 0. The predicted molar refractivity (Wildman–Crippen MR) is 70.0 cm³/mol. The van der Waals surface area contributed by atoms with Gasteiger partial charge >= 0.3 is 0 Å². The zero-order chi connectivity index (χ0) is 14.8. The first kappa shape index (κ1) is 13.6. The van der Waals surface area contributed by atoms with E-state index in [9.17, 15) is 4.79 Å². The molecule has 0 aromatic carbocycles. The molecule has 2 aromatic rings. The molecule has 112 valence electrons. The molecule has 3 rings (SSSR count). The van der Waals surface area contributed by atoms with E-state index in [1.54, 1.807) is 11.8 Å². The lowest BCUT2D eigenvalue weighted by molar-refractivity contribution is 0.0662. The van der Waals surface area contributed by atoms with Crippen molar-refractivity contribution in [2.75, 3.05) is 20.2 Å². The summed E-state index contributed by atoms with van der Waals surface area (Å²) in [5.74, 6) is 1.82. The van der Waals surface area contributed by atoms with Gasteiger partial charge in [0, 0.05) is 19.0 Å². The lowest BCUT2D eigenvalue weighted by Gasteiger charge is -2.29. The Morgan fingerprint density at radius 3 is 2.67 bits per heavy atom. The molecular formula is C13H16N4O4. The summed E-state index contributed by atoms with van der Waals surface area (Å²) in [7, 11) is 1.48. The molecule has 1 aliphatic rings. The average Bonchev–Trinajstić information content (AvgIpc) is 3.15. The number of methoxy groups -OCH3 is 1. The number of aromatic nitrogens is 3. The standard InChI is InChI=1S/C13H16N4O4/c1-8-14-12(21-15-8)9-3-5-17(6-4-9)13(18)10-7-11(19-2)16-20-10/h7,9H,3-6H2,1-2H3. The van der Waals surface area contributed by atoms with Crippen LogP contribution in [0.1, 0.15) is 41.0 Å². The third-order valence-corrected chi connectivity index (χ3v) is 3.58. The number of hydrogen-bond acceptors (Lipinski definition) is 7. The average molecular weight is 292 g/mol. The van der Waals surface area contributed by atoms with Crippen molar-refractivity contribution in [2.24, 2.45) is 0 Å². The minimum Gasteiger partial charge on any atom is -0.479 e. The van der Waals surface area contributed by atoms with E-state index < -0.39 is 0 Å². The fraction of sp³-hybridized carbons (Fsp3) is 0.538. The Morgan fingerprint density at radius 1 is 1.33 bits per heavy atom. The van der Waals surface area contributed by atoms with Gasteiger partial charge in [-0.05, 0) is 24.9 Å². The fourth-order valence-corrected chi connectivity index (χ4v) is 2.42. The topological polar surface area (TPSA) is 94.5 Å². The molecule has 3 heterocycles. The van der Waals surface area contributed by atoms with Gasteiger partial charge in [0.25, 0.3) is 11.8 Å².